The summed E-state index contributed by atoms with van der Waals surface area (Å²) in [5.41, 5.74) is 0.713. The highest BCUT2D eigenvalue weighted by Gasteiger charge is 2.16. The number of Topliss-reactive ketones (excluding diaryl/α,β-unsaturated/α-hetero) is 1. The minimum Gasteiger partial charge on any atom is -0.311 e. The molecule has 0 bridgehead atoms. The van der Waals surface area contributed by atoms with Crippen molar-refractivity contribution in [3.8, 4) is 0 Å². The van der Waals surface area contributed by atoms with Crippen LogP contribution in [0, 0.1) is 0 Å². The SMILES string of the molecule is CC[C@@H](NC)C(=O)Cc1ccc(Cl)nc1Cl. The van der Waals surface area contributed by atoms with Gasteiger partial charge in [-0.05, 0) is 25.1 Å². The van der Waals surface area contributed by atoms with Crippen molar-refractivity contribution in [1.29, 1.82) is 0 Å². The Morgan fingerprint density at radius 2 is 2.19 bits per heavy atom. The van der Waals surface area contributed by atoms with Gasteiger partial charge in [-0.2, -0.15) is 0 Å². The Morgan fingerprint density at radius 3 is 2.69 bits per heavy atom. The van der Waals surface area contributed by atoms with Crippen molar-refractivity contribution in [2.24, 2.45) is 0 Å². The lowest BCUT2D eigenvalue weighted by Crippen LogP contribution is -2.34. The first-order valence-electron chi connectivity index (χ1n) is 5.09. The maximum Gasteiger partial charge on any atom is 0.154 e. The van der Waals surface area contributed by atoms with Crippen LogP contribution < -0.4 is 5.32 Å². The average molecular weight is 261 g/mol. The van der Waals surface area contributed by atoms with Gasteiger partial charge in [-0.3, -0.25) is 4.79 Å². The van der Waals surface area contributed by atoms with E-state index in [9.17, 15) is 4.79 Å². The molecule has 0 aromatic carbocycles. The lowest BCUT2D eigenvalue weighted by molar-refractivity contribution is -0.120. The highest BCUT2D eigenvalue weighted by molar-refractivity contribution is 6.33. The van der Waals surface area contributed by atoms with Gasteiger partial charge in [0, 0.05) is 6.42 Å². The average Bonchev–Trinajstić information content (AvgIpc) is 2.24. The van der Waals surface area contributed by atoms with Crippen LogP contribution in [-0.4, -0.2) is 23.9 Å². The minimum atomic E-state index is -0.133. The van der Waals surface area contributed by atoms with Crippen LogP contribution in [0.2, 0.25) is 10.3 Å². The molecule has 0 saturated carbocycles. The van der Waals surface area contributed by atoms with Crippen LogP contribution in [-0.2, 0) is 11.2 Å². The van der Waals surface area contributed by atoms with E-state index in [0.717, 1.165) is 6.42 Å². The minimum absolute atomic E-state index is 0.107. The van der Waals surface area contributed by atoms with Crippen molar-refractivity contribution in [2.45, 2.75) is 25.8 Å². The molecule has 0 fully saturated rings. The smallest absolute Gasteiger partial charge is 0.154 e. The molecular formula is C11H14Cl2N2O. The van der Waals surface area contributed by atoms with Gasteiger partial charge in [0.25, 0.3) is 0 Å². The van der Waals surface area contributed by atoms with Gasteiger partial charge in [0.15, 0.2) is 5.78 Å². The lowest BCUT2D eigenvalue weighted by Gasteiger charge is -2.12. The van der Waals surface area contributed by atoms with Gasteiger partial charge in [0.1, 0.15) is 10.3 Å². The molecular weight excluding hydrogens is 247 g/mol. The van der Waals surface area contributed by atoms with E-state index in [1.165, 1.54) is 0 Å². The molecule has 3 nitrogen and oxygen atoms in total. The molecule has 0 aliphatic heterocycles. The Labute approximate surface area is 105 Å². The summed E-state index contributed by atoms with van der Waals surface area (Å²) in [5, 5.41) is 3.60. The van der Waals surface area contributed by atoms with Crippen molar-refractivity contribution < 1.29 is 4.79 Å². The molecule has 1 aromatic rings. The molecule has 1 aromatic heterocycles. The van der Waals surface area contributed by atoms with E-state index in [1.807, 2.05) is 6.92 Å². The quantitative estimate of drug-likeness (QED) is 0.828. The molecule has 0 aliphatic rings. The summed E-state index contributed by atoms with van der Waals surface area (Å²) in [7, 11) is 1.77. The maximum absolute atomic E-state index is 11.8. The highest BCUT2D eigenvalue weighted by Crippen LogP contribution is 2.17. The number of likely N-dealkylation sites (N-methyl/N-ethyl adjacent to an activating group) is 1. The number of ketones is 1. The fourth-order valence-corrected chi connectivity index (χ4v) is 1.89. The van der Waals surface area contributed by atoms with E-state index >= 15 is 0 Å². The van der Waals surface area contributed by atoms with Gasteiger partial charge >= 0.3 is 0 Å². The first-order chi connectivity index (χ1) is 7.58. The highest BCUT2D eigenvalue weighted by atomic mass is 35.5. The van der Waals surface area contributed by atoms with Gasteiger partial charge in [-0.15, -0.1) is 0 Å². The largest absolute Gasteiger partial charge is 0.311 e. The van der Waals surface area contributed by atoms with Crippen molar-refractivity contribution in [3.05, 3.63) is 28.0 Å². The molecule has 0 saturated heterocycles. The fourth-order valence-electron chi connectivity index (χ4n) is 1.48. The molecule has 1 rings (SSSR count). The lowest BCUT2D eigenvalue weighted by atomic mass is 10.0. The zero-order valence-electron chi connectivity index (χ0n) is 9.26. The summed E-state index contributed by atoms with van der Waals surface area (Å²) in [6.07, 6.45) is 1.04. The Balaban J connectivity index is 2.76. The molecule has 0 amide bonds. The van der Waals surface area contributed by atoms with Gasteiger partial charge in [0.2, 0.25) is 0 Å². The van der Waals surface area contributed by atoms with Crippen LogP contribution in [0.25, 0.3) is 0 Å². The molecule has 0 unspecified atom stereocenters. The molecule has 5 heteroatoms. The number of pyridine rings is 1. The predicted molar refractivity (Wildman–Crippen MR) is 66.1 cm³/mol. The second-order valence-electron chi connectivity index (χ2n) is 3.48. The summed E-state index contributed by atoms with van der Waals surface area (Å²) < 4.78 is 0. The summed E-state index contributed by atoms with van der Waals surface area (Å²) in [6.45, 7) is 1.96. The Morgan fingerprint density at radius 1 is 1.50 bits per heavy atom. The normalized spacial score (nSPS) is 12.5. The molecule has 0 aliphatic carbocycles. The van der Waals surface area contributed by atoms with E-state index in [1.54, 1.807) is 19.2 Å². The third-order valence-corrected chi connectivity index (χ3v) is 2.94. The van der Waals surface area contributed by atoms with Gasteiger partial charge in [0.05, 0.1) is 6.04 Å². The van der Waals surface area contributed by atoms with E-state index in [-0.39, 0.29) is 18.2 Å². The number of aromatic nitrogens is 1. The summed E-state index contributed by atoms with van der Waals surface area (Å²) in [4.78, 5) is 15.7. The van der Waals surface area contributed by atoms with E-state index in [4.69, 9.17) is 23.2 Å². The Kier molecular flexibility index (Phi) is 5.19. The standard InChI is InChI=1S/C11H14Cl2N2O/c1-3-8(14-2)9(16)6-7-4-5-10(12)15-11(7)13/h4-5,8,14H,3,6H2,1-2H3/t8-/m1/s1. The van der Waals surface area contributed by atoms with Crippen LogP contribution in [0.5, 0.6) is 0 Å². The molecule has 16 heavy (non-hydrogen) atoms. The first kappa shape index (κ1) is 13.4. The monoisotopic (exact) mass is 260 g/mol. The third kappa shape index (κ3) is 3.44. The molecule has 0 radical (unpaired) electrons. The number of nitrogens with one attached hydrogen (secondary N) is 1. The van der Waals surface area contributed by atoms with Crippen molar-refractivity contribution in [3.63, 3.8) is 0 Å². The molecule has 88 valence electrons. The molecule has 1 N–H and O–H groups in total. The third-order valence-electron chi connectivity index (χ3n) is 2.40. The first-order valence-corrected chi connectivity index (χ1v) is 5.85. The van der Waals surface area contributed by atoms with E-state index in [2.05, 4.69) is 10.3 Å². The number of carbonyl (C=O) groups is 1. The summed E-state index contributed by atoms with van der Waals surface area (Å²) in [6, 6.07) is 3.24. The van der Waals surface area contributed by atoms with Crippen LogP contribution in [0.4, 0.5) is 0 Å². The number of rotatable bonds is 5. The molecule has 1 atom stereocenters. The molecule has 0 spiro atoms. The van der Waals surface area contributed by atoms with Crippen LogP contribution in [0.15, 0.2) is 12.1 Å². The second kappa shape index (κ2) is 6.18. The van der Waals surface area contributed by atoms with Gasteiger partial charge in [-0.1, -0.05) is 36.2 Å². The van der Waals surface area contributed by atoms with Crippen LogP contribution >= 0.6 is 23.2 Å². The second-order valence-corrected chi connectivity index (χ2v) is 4.22. The number of carbonyl (C=O) groups excluding carboxylic acids is 1. The van der Waals surface area contributed by atoms with Gasteiger partial charge in [-0.25, -0.2) is 4.98 Å². The zero-order valence-corrected chi connectivity index (χ0v) is 10.8. The predicted octanol–water partition coefficient (Wildman–Crippen LogP) is 2.50. The van der Waals surface area contributed by atoms with Crippen LogP contribution in [0.3, 0.4) is 0 Å². The Hall–Kier alpha value is -0.640. The number of hydrogen-bond donors (Lipinski definition) is 1. The number of hydrogen-bond acceptors (Lipinski definition) is 3. The van der Waals surface area contributed by atoms with Crippen molar-refractivity contribution in [1.82, 2.24) is 10.3 Å². The Bertz CT molecular complexity index is 378. The zero-order chi connectivity index (χ0) is 12.1. The summed E-state index contributed by atoms with van der Waals surface area (Å²) >= 11 is 11.6. The topological polar surface area (TPSA) is 42.0 Å². The van der Waals surface area contributed by atoms with Crippen molar-refractivity contribution in [2.75, 3.05) is 7.05 Å². The van der Waals surface area contributed by atoms with Crippen molar-refractivity contribution >= 4 is 29.0 Å². The van der Waals surface area contributed by atoms with Gasteiger partial charge < -0.3 is 5.32 Å². The van der Waals surface area contributed by atoms with E-state index < -0.39 is 0 Å². The number of halogens is 2. The molecule has 1 heterocycles. The number of nitrogens with zero attached hydrogens (tertiary/aromatic N) is 1. The summed E-state index contributed by atoms with van der Waals surface area (Å²) in [5.74, 6) is 0.107. The van der Waals surface area contributed by atoms with Crippen LogP contribution in [0.1, 0.15) is 18.9 Å². The van der Waals surface area contributed by atoms with E-state index in [0.29, 0.717) is 15.9 Å². The maximum atomic E-state index is 11.8. The fraction of sp³-hybridized carbons (Fsp3) is 0.455.